The molecule has 1 aliphatic heterocycles. The van der Waals surface area contributed by atoms with Crippen LogP contribution in [0.1, 0.15) is 18.4 Å². The predicted octanol–water partition coefficient (Wildman–Crippen LogP) is 1.30. The third-order valence-electron chi connectivity index (χ3n) is 4.61. The van der Waals surface area contributed by atoms with Gasteiger partial charge in [-0.1, -0.05) is 6.07 Å². The van der Waals surface area contributed by atoms with Crippen LogP contribution in [0.3, 0.4) is 0 Å². The number of piperidine rings is 1. The van der Waals surface area contributed by atoms with E-state index < -0.39 is 0 Å². The summed E-state index contributed by atoms with van der Waals surface area (Å²) in [5, 5.41) is 14.1. The molecule has 2 aromatic rings. The van der Waals surface area contributed by atoms with Gasteiger partial charge in [0.25, 0.3) is 0 Å². The van der Waals surface area contributed by atoms with Crippen molar-refractivity contribution in [3.63, 3.8) is 0 Å². The molecule has 0 radical (unpaired) electrons. The normalized spacial score (nSPS) is 15.0. The number of likely N-dealkylation sites (tertiary alicyclic amines) is 1. The Balaban J connectivity index is 1.64. The van der Waals surface area contributed by atoms with Gasteiger partial charge < -0.3 is 15.1 Å². The van der Waals surface area contributed by atoms with E-state index in [1.807, 2.05) is 25.1 Å². The molecule has 1 aromatic heterocycles. The van der Waals surface area contributed by atoms with E-state index in [2.05, 4.69) is 20.8 Å². The highest BCUT2D eigenvalue weighted by atomic mass is 16.2. The van der Waals surface area contributed by atoms with Gasteiger partial charge in [0.2, 0.25) is 5.91 Å². The molecule has 2 heterocycles. The molecule has 0 unspecified atom stereocenters. The largest absolute Gasteiger partial charge is 0.331 e. The zero-order valence-electron chi connectivity index (χ0n) is 15.2. The van der Waals surface area contributed by atoms with Crippen LogP contribution in [-0.2, 0) is 4.79 Å². The summed E-state index contributed by atoms with van der Waals surface area (Å²) in [6, 6.07) is 5.67. The molecule has 1 N–H and O–H groups in total. The van der Waals surface area contributed by atoms with Gasteiger partial charge in [0.05, 0.1) is 5.69 Å². The third-order valence-corrected chi connectivity index (χ3v) is 4.61. The molecule has 0 aliphatic carbocycles. The number of nitrogens with zero attached hydrogens (tertiary/aromatic N) is 6. The Morgan fingerprint density at radius 3 is 2.58 bits per heavy atom. The second-order valence-electron chi connectivity index (χ2n) is 6.68. The van der Waals surface area contributed by atoms with Crippen molar-refractivity contribution in [1.82, 2.24) is 30.0 Å². The first-order valence-corrected chi connectivity index (χ1v) is 8.57. The van der Waals surface area contributed by atoms with E-state index in [1.165, 1.54) is 6.33 Å². The van der Waals surface area contributed by atoms with Crippen LogP contribution in [0, 0.1) is 12.8 Å². The minimum absolute atomic E-state index is 0.00570. The lowest BCUT2D eigenvalue weighted by molar-refractivity contribution is -0.121. The van der Waals surface area contributed by atoms with Crippen LogP contribution in [0.25, 0.3) is 5.69 Å². The molecule has 1 aromatic carbocycles. The summed E-state index contributed by atoms with van der Waals surface area (Å²) in [5.41, 5.74) is 2.49. The average molecular weight is 357 g/mol. The number of hydrogen-bond acceptors (Lipinski definition) is 5. The summed E-state index contributed by atoms with van der Waals surface area (Å²) in [6.45, 7) is 3.13. The first-order chi connectivity index (χ1) is 12.5. The number of anilines is 1. The lowest BCUT2D eigenvalue weighted by Gasteiger charge is -2.33. The number of rotatable bonds is 3. The Hall–Kier alpha value is -2.97. The van der Waals surface area contributed by atoms with Gasteiger partial charge in [0.1, 0.15) is 6.33 Å². The molecule has 3 rings (SSSR count). The van der Waals surface area contributed by atoms with E-state index in [4.69, 9.17) is 0 Å². The Morgan fingerprint density at radius 2 is 1.96 bits per heavy atom. The van der Waals surface area contributed by atoms with Gasteiger partial charge in [0, 0.05) is 38.8 Å². The van der Waals surface area contributed by atoms with Gasteiger partial charge in [-0.25, -0.2) is 9.48 Å². The first-order valence-electron chi connectivity index (χ1n) is 8.57. The Kier molecular flexibility index (Phi) is 5.15. The van der Waals surface area contributed by atoms with Crippen molar-refractivity contribution in [2.75, 3.05) is 32.5 Å². The Morgan fingerprint density at radius 1 is 1.23 bits per heavy atom. The topological polar surface area (TPSA) is 96.2 Å². The van der Waals surface area contributed by atoms with Crippen LogP contribution in [-0.4, -0.2) is 69.1 Å². The molecule has 26 heavy (non-hydrogen) atoms. The molecule has 1 aliphatic rings. The van der Waals surface area contributed by atoms with Crippen molar-refractivity contribution < 1.29 is 9.59 Å². The van der Waals surface area contributed by atoms with E-state index in [-0.39, 0.29) is 17.9 Å². The molecule has 3 amide bonds. The number of amides is 3. The molecule has 9 nitrogen and oxygen atoms in total. The number of aromatic nitrogens is 4. The minimum Gasteiger partial charge on any atom is -0.331 e. The maximum Gasteiger partial charge on any atom is 0.319 e. The van der Waals surface area contributed by atoms with Crippen LogP contribution >= 0.6 is 0 Å². The van der Waals surface area contributed by atoms with Crippen LogP contribution in [0.15, 0.2) is 24.5 Å². The van der Waals surface area contributed by atoms with E-state index in [0.717, 1.165) is 16.9 Å². The standard InChI is InChI=1S/C17H23N7O2/c1-12-4-5-14(24-11-18-20-21-24)10-15(12)19-16(25)13-6-8-23(9-7-13)17(26)22(2)3/h4-5,10-11,13H,6-9H2,1-3H3,(H,19,25). The van der Waals surface area contributed by atoms with Crippen molar-refractivity contribution in [3.05, 3.63) is 30.1 Å². The van der Waals surface area contributed by atoms with E-state index in [1.54, 1.807) is 28.6 Å². The lowest BCUT2D eigenvalue weighted by atomic mass is 9.96. The number of nitrogens with one attached hydrogen (secondary N) is 1. The molecule has 0 saturated carbocycles. The van der Waals surface area contributed by atoms with E-state index in [0.29, 0.717) is 25.9 Å². The van der Waals surface area contributed by atoms with E-state index >= 15 is 0 Å². The first kappa shape index (κ1) is 17.8. The third kappa shape index (κ3) is 3.81. The van der Waals surface area contributed by atoms with Crippen molar-refractivity contribution in [1.29, 1.82) is 0 Å². The molecule has 1 fully saturated rings. The van der Waals surface area contributed by atoms with Crippen LogP contribution in [0.2, 0.25) is 0 Å². The summed E-state index contributed by atoms with van der Waals surface area (Å²) in [7, 11) is 3.48. The van der Waals surface area contributed by atoms with Crippen molar-refractivity contribution in [3.8, 4) is 5.69 Å². The summed E-state index contributed by atoms with van der Waals surface area (Å²) < 4.78 is 1.54. The summed E-state index contributed by atoms with van der Waals surface area (Å²) in [6.07, 6.45) is 2.84. The maximum atomic E-state index is 12.7. The van der Waals surface area contributed by atoms with Gasteiger partial charge in [0.15, 0.2) is 0 Å². The van der Waals surface area contributed by atoms with Crippen LogP contribution < -0.4 is 5.32 Å². The number of carbonyl (C=O) groups is 2. The van der Waals surface area contributed by atoms with Gasteiger partial charge in [-0.3, -0.25) is 4.79 Å². The smallest absolute Gasteiger partial charge is 0.319 e. The molecule has 0 atom stereocenters. The van der Waals surface area contributed by atoms with Crippen molar-refractivity contribution >= 4 is 17.6 Å². The zero-order chi connectivity index (χ0) is 18.7. The molecule has 0 spiro atoms. The highest BCUT2D eigenvalue weighted by molar-refractivity contribution is 5.93. The molecule has 9 heteroatoms. The van der Waals surface area contributed by atoms with Gasteiger partial charge in [-0.2, -0.15) is 0 Å². The number of benzene rings is 1. The number of tetrazole rings is 1. The molecule has 1 saturated heterocycles. The summed E-state index contributed by atoms with van der Waals surface area (Å²) >= 11 is 0. The fraction of sp³-hybridized carbons (Fsp3) is 0.471. The average Bonchev–Trinajstić information content (AvgIpc) is 3.17. The van der Waals surface area contributed by atoms with Crippen molar-refractivity contribution in [2.45, 2.75) is 19.8 Å². The van der Waals surface area contributed by atoms with E-state index in [9.17, 15) is 9.59 Å². The highest BCUT2D eigenvalue weighted by Crippen LogP contribution is 2.23. The van der Waals surface area contributed by atoms with Gasteiger partial charge >= 0.3 is 6.03 Å². The summed E-state index contributed by atoms with van der Waals surface area (Å²) in [5.74, 6) is -0.115. The molecule has 138 valence electrons. The number of aryl methyl sites for hydroxylation is 1. The Labute approximate surface area is 152 Å². The number of hydrogen-bond donors (Lipinski definition) is 1. The van der Waals surface area contributed by atoms with Crippen molar-refractivity contribution in [2.24, 2.45) is 5.92 Å². The molecular weight excluding hydrogens is 334 g/mol. The van der Waals surface area contributed by atoms with Crippen LogP contribution in [0.4, 0.5) is 10.5 Å². The second-order valence-corrected chi connectivity index (χ2v) is 6.68. The fourth-order valence-corrected chi connectivity index (χ4v) is 3.02. The lowest BCUT2D eigenvalue weighted by Crippen LogP contribution is -2.45. The second kappa shape index (κ2) is 7.51. The summed E-state index contributed by atoms with van der Waals surface area (Å²) in [4.78, 5) is 28.0. The quantitative estimate of drug-likeness (QED) is 0.893. The number of carbonyl (C=O) groups excluding carboxylic acids is 2. The SMILES string of the molecule is Cc1ccc(-n2cnnn2)cc1NC(=O)C1CCN(C(=O)N(C)C)CC1. The maximum absolute atomic E-state index is 12.7. The predicted molar refractivity (Wildman–Crippen MR) is 95.9 cm³/mol. The highest BCUT2D eigenvalue weighted by Gasteiger charge is 2.28. The molecular formula is C17H23N7O2. The Bertz CT molecular complexity index is 780. The van der Waals surface area contributed by atoms with Gasteiger partial charge in [-0.15, -0.1) is 5.10 Å². The monoisotopic (exact) mass is 357 g/mol. The number of urea groups is 1. The minimum atomic E-state index is -0.0997. The van der Waals surface area contributed by atoms with Gasteiger partial charge in [-0.05, 0) is 47.9 Å². The zero-order valence-corrected chi connectivity index (χ0v) is 15.2. The van der Waals surface area contributed by atoms with Crippen LogP contribution in [0.5, 0.6) is 0 Å². The molecule has 0 bridgehead atoms. The fourth-order valence-electron chi connectivity index (χ4n) is 3.02.